The summed E-state index contributed by atoms with van der Waals surface area (Å²) in [6.45, 7) is 12.7. The molecule has 0 aliphatic rings. The Hall–Kier alpha value is -3.32. The Bertz CT molecular complexity index is 1520. The van der Waals surface area contributed by atoms with Crippen LogP contribution in [0.4, 0.5) is 26.3 Å². The van der Waals surface area contributed by atoms with Crippen molar-refractivity contribution in [1.82, 2.24) is 14.7 Å². The van der Waals surface area contributed by atoms with Gasteiger partial charge in [-0.3, -0.25) is 0 Å². The first-order valence-electron chi connectivity index (χ1n) is 12.9. The summed E-state index contributed by atoms with van der Waals surface area (Å²) in [7, 11) is -1.91. The van der Waals surface area contributed by atoms with Crippen molar-refractivity contribution >= 4 is 19.2 Å². The van der Waals surface area contributed by atoms with Crippen LogP contribution in [0.2, 0.25) is 18.1 Å². The molecule has 0 bridgehead atoms. The van der Waals surface area contributed by atoms with Gasteiger partial charge in [0, 0.05) is 34.8 Å². The van der Waals surface area contributed by atoms with Gasteiger partial charge in [0.1, 0.15) is 5.75 Å². The third-order valence-electron chi connectivity index (χ3n) is 7.38. The van der Waals surface area contributed by atoms with Gasteiger partial charge in [0.15, 0.2) is 14.4 Å². The van der Waals surface area contributed by atoms with Crippen LogP contribution in [0.5, 0.6) is 5.75 Å². The van der Waals surface area contributed by atoms with E-state index in [1.165, 1.54) is 0 Å². The Kier molecular flexibility index (Phi) is 8.09. The van der Waals surface area contributed by atoms with E-state index in [2.05, 4.69) is 48.7 Å². The van der Waals surface area contributed by atoms with Crippen LogP contribution in [0.1, 0.15) is 33.3 Å². The summed E-state index contributed by atoms with van der Waals surface area (Å²) in [6.07, 6.45) is -10.3. The Morgan fingerprint density at radius 2 is 1.71 bits per heavy atom. The number of halogens is 6. The first kappa shape index (κ1) is 30.6. The van der Waals surface area contributed by atoms with E-state index in [0.29, 0.717) is 31.7 Å². The van der Waals surface area contributed by atoms with Gasteiger partial charge in [-0.1, -0.05) is 38.1 Å². The predicted octanol–water partition coefficient (Wildman–Crippen LogP) is 8.73. The molecule has 0 saturated heterocycles. The average molecular weight is 600 g/mol. The molecule has 0 saturated carbocycles. The lowest BCUT2D eigenvalue weighted by Crippen LogP contribution is -2.41. The van der Waals surface area contributed by atoms with Crippen LogP contribution in [-0.4, -0.2) is 41.9 Å². The Morgan fingerprint density at radius 1 is 1.00 bits per heavy atom. The van der Waals surface area contributed by atoms with Crippen molar-refractivity contribution in [2.75, 3.05) is 6.61 Å². The topological polar surface area (TPSA) is 62.3 Å². The molecule has 4 aromatic rings. The molecule has 1 unspecified atom stereocenters. The maximum Gasteiger partial charge on any atom is 0.425 e. The Labute approximate surface area is 234 Å². The van der Waals surface area contributed by atoms with Gasteiger partial charge in [-0.2, -0.15) is 31.3 Å². The second-order valence-corrected chi connectivity index (χ2v) is 16.1. The molecule has 222 valence electrons. The van der Waals surface area contributed by atoms with Crippen molar-refractivity contribution in [2.24, 2.45) is 0 Å². The maximum absolute atomic E-state index is 13.7. The third-order valence-corrected chi connectivity index (χ3v) is 11.9. The van der Waals surface area contributed by atoms with E-state index in [1.54, 1.807) is 6.07 Å². The highest BCUT2D eigenvalue weighted by Gasteiger charge is 2.41. The van der Waals surface area contributed by atoms with Crippen LogP contribution in [-0.2, 0) is 17.1 Å². The molecule has 41 heavy (non-hydrogen) atoms. The van der Waals surface area contributed by atoms with Gasteiger partial charge >= 0.3 is 12.4 Å². The summed E-state index contributed by atoms with van der Waals surface area (Å²) in [4.78, 5) is 4.29. The Balaban J connectivity index is 1.60. The van der Waals surface area contributed by atoms with E-state index < -0.39 is 38.1 Å². The Morgan fingerprint density at radius 3 is 2.34 bits per heavy atom. The van der Waals surface area contributed by atoms with Gasteiger partial charge in [0.25, 0.3) is 5.89 Å². The summed E-state index contributed by atoms with van der Waals surface area (Å²) >= 11 is 0. The number of fused-ring (bicyclic) bond motifs is 1. The lowest BCUT2D eigenvalue weighted by Gasteiger charge is -2.36. The van der Waals surface area contributed by atoms with Crippen LogP contribution in [0.15, 0.2) is 53.2 Å². The quantitative estimate of drug-likeness (QED) is 0.150. The van der Waals surface area contributed by atoms with Crippen LogP contribution in [0, 0.1) is 0 Å². The van der Waals surface area contributed by atoms with E-state index in [9.17, 15) is 26.3 Å². The first-order valence-corrected chi connectivity index (χ1v) is 15.8. The minimum Gasteiger partial charge on any atom is -0.481 e. The van der Waals surface area contributed by atoms with Crippen molar-refractivity contribution in [2.45, 2.75) is 70.8 Å². The van der Waals surface area contributed by atoms with Gasteiger partial charge in [-0.25, -0.2) is 0 Å². The number of alkyl halides is 6. The highest BCUT2D eigenvalue weighted by atomic mass is 28.4. The highest BCUT2D eigenvalue weighted by molar-refractivity contribution is 6.74. The molecule has 0 fully saturated rings. The van der Waals surface area contributed by atoms with Crippen LogP contribution in [0.25, 0.3) is 33.7 Å². The zero-order valence-electron chi connectivity index (χ0n) is 23.4. The van der Waals surface area contributed by atoms with E-state index >= 15 is 0 Å². The first-order chi connectivity index (χ1) is 18.9. The fraction of sp³-hybridized carbons (Fsp3) is 0.429. The van der Waals surface area contributed by atoms with Crippen LogP contribution in [0.3, 0.4) is 0 Å². The van der Waals surface area contributed by atoms with Crippen molar-refractivity contribution in [3.8, 4) is 28.6 Å². The molecule has 0 amide bonds. The van der Waals surface area contributed by atoms with Crippen molar-refractivity contribution in [3.05, 3.63) is 54.2 Å². The second-order valence-electron chi connectivity index (χ2n) is 11.3. The van der Waals surface area contributed by atoms with E-state index in [-0.39, 0.29) is 22.3 Å². The highest BCUT2D eigenvalue weighted by Crippen LogP contribution is 2.41. The van der Waals surface area contributed by atoms with Gasteiger partial charge in [-0.05, 0) is 55.4 Å². The van der Waals surface area contributed by atoms with Crippen molar-refractivity contribution < 1.29 is 40.0 Å². The zero-order chi connectivity index (χ0) is 30.4. The lowest BCUT2D eigenvalue weighted by atomic mass is 10.1. The summed E-state index contributed by atoms with van der Waals surface area (Å²) in [5.41, 5.74) is 0.00412. The molecular formula is C28H31F6N3O3Si. The van der Waals surface area contributed by atoms with Gasteiger partial charge in [-0.15, -0.1) is 0 Å². The number of aromatic nitrogens is 3. The average Bonchev–Trinajstić information content (AvgIpc) is 3.50. The second kappa shape index (κ2) is 10.8. The van der Waals surface area contributed by atoms with Crippen LogP contribution >= 0.6 is 0 Å². The van der Waals surface area contributed by atoms with Gasteiger partial charge in [0.05, 0.1) is 12.2 Å². The smallest absolute Gasteiger partial charge is 0.425 e. The predicted molar refractivity (Wildman–Crippen MR) is 145 cm³/mol. The van der Waals surface area contributed by atoms with Gasteiger partial charge in [0.2, 0.25) is 5.82 Å². The number of hydrogen-bond donors (Lipinski definition) is 0. The molecule has 4 rings (SSSR count). The number of hydrogen-bond acceptors (Lipinski definition) is 5. The van der Waals surface area contributed by atoms with Crippen LogP contribution < -0.4 is 4.74 Å². The summed E-state index contributed by atoms with van der Waals surface area (Å²) < 4.78 is 98.0. The summed E-state index contributed by atoms with van der Waals surface area (Å²) in [6, 6.07) is 10.0. The molecule has 2 heterocycles. The molecule has 0 aliphatic carbocycles. The minimum absolute atomic E-state index is 0.0882. The van der Waals surface area contributed by atoms with E-state index in [1.807, 2.05) is 29.0 Å². The molecule has 1 atom stereocenters. The monoisotopic (exact) mass is 599 g/mol. The van der Waals surface area contributed by atoms with Gasteiger partial charge < -0.3 is 18.3 Å². The summed E-state index contributed by atoms with van der Waals surface area (Å²) in [5, 5.41) is 4.86. The summed E-state index contributed by atoms with van der Waals surface area (Å²) in [5.74, 6) is -1.02. The molecular weight excluding hydrogens is 568 g/mol. The van der Waals surface area contributed by atoms with Crippen molar-refractivity contribution in [3.63, 3.8) is 0 Å². The minimum atomic E-state index is -4.98. The third kappa shape index (κ3) is 6.61. The molecule has 0 radical (unpaired) electrons. The molecule has 0 spiro atoms. The number of rotatable bonds is 8. The molecule has 2 aromatic heterocycles. The van der Waals surface area contributed by atoms with Crippen molar-refractivity contribution in [1.29, 1.82) is 0 Å². The SMILES string of the molecule is CC(Oc1ccc(-c2nc(-c3cccc4c3ccn4CCO[Si](C)(C)C(C)(C)C)no2)cc1C(F)(F)F)C(F)(F)F. The van der Waals surface area contributed by atoms with E-state index in [0.717, 1.165) is 23.0 Å². The van der Waals surface area contributed by atoms with E-state index in [4.69, 9.17) is 8.95 Å². The number of benzene rings is 2. The molecule has 6 nitrogen and oxygen atoms in total. The molecule has 0 N–H and O–H groups in total. The molecule has 0 aliphatic heterocycles. The molecule has 2 aromatic carbocycles. The molecule has 13 heteroatoms. The standard InChI is InChI=1S/C28H31F6N3O3Si/c1-17(27(29,30)31)39-23-11-10-18(16-21(23)28(32,33)34)25-35-24(36-40-25)20-8-7-9-22-19(20)12-13-37(22)14-15-38-41(5,6)26(2,3)4/h7-13,16-17H,14-15H2,1-6H3. The number of nitrogens with zero attached hydrogens (tertiary/aromatic N) is 3. The zero-order valence-corrected chi connectivity index (χ0v) is 24.4. The fourth-order valence-electron chi connectivity index (χ4n) is 3.92. The fourth-order valence-corrected chi connectivity index (χ4v) is 4.96. The largest absolute Gasteiger partial charge is 0.481 e. The maximum atomic E-state index is 13.7. The number of ether oxygens (including phenoxy) is 1. The normalized spacial score (nSPS) is 14.0. The lowest BCUT2D eigenvalue weighted by molar-refractivity contribution is -0.191.